The van der Waals surface area contributed by atoms with E-state index in [1.54, 1.807) is 0 Å². The summed E-state index contributed by atoms with van der Waals surface area (Å²) in [6.07, 6.45) is 8.85. The maximum Gasteiger partial charge on any atom is 0.325 e. The van der Waals surface area contributed by atoms with Gasteiger partial charge in [0.15, 0.2) is 0 Å². The molecular formula is C17H29N3O3. The van der Waals surface area contributed by atoms with Crippen LogP contribution in [0.4, 0.5) is 4.79 Å². The molecule has 2 fully saturated rings. The van der Waals surface area contributed by atoms with E-state index in [9.17, 15) is 14.4 Å². The molecular weight excluding hydrogens is 294 g/mol. The number of carbonyl (C=O) groups excluding carboxylic acids is 3. The van der Waals surface area contributed by atoms with Crippen molar-refractivity contribution in [1.82, 2.24) is 15.5 Å². The van der Waals surface area contributed by atoms with Gasteiger partial charge in [0.05, 0.1) is 0 Å². The molecule has 0 unspecified atom stereocenters. The van der Waals surface area contributed by atoms with E-state index < -0.39 is 11.6 Å². The third-order valence-electron chi connectivity index (χ3n) is 4.90. The van der Waals surface area contributed by atoms with Crippen molar-refractivity contribution in [2.75, 3.05) is 6.54 Å². The summed E-state index contributed by atoms with van der Waals surface area (Å²) in [5, 5.41) is 5.68. The quantitative estimate of drug-likeness (QED) is 0.531. The summed E-state index contributed by atoms with van der Waals surface area (Å²) in [6.45, 7) is 3.96. The third kappa shape index (κ3) is 4.24. The molecule has 2 N–H and O–H groups in total. The van der Waals surface area contributed by atoms with E-state index in [1.807, 2.05) is 6.92 Å². The van der Waals surface area contributed by atoms with Gasteiger partial charge in [0.25, 0.3) is 5.91 Å². The minimum absolute atomic E-state index is 0.0700. The summed E-state index contributed by atoms with van der Waals surface area (Å²) in [5.41, 5.74) is -0.733. The first kappa shape index (κ1) is 17.8. The zero-order chi connectivity index (χ0) is 16.9. The van der Waals surface area contributed by atoms with E-state index in [4.69, 9.17) is 0 Å². The van der Waals surface area contributed by atoms with Gasteiger partial charge in [-0.2, -0.15) is 0 Å². The lowest BCUT2D eigenvalue weighted by Gasteiger charge is -2.20. The molecule has 0 aromatic carbocycles. The molecule has 6 heteroatoms. The predicted octanol–water partition coefficient (Wildman–Crippen LogP) is 2.33. The number of rotatable bonds is 8. The number of hydrogen-bond acceptors (Lipinski definition) is 3. The van der Waals surface area contributed by atoms with E-state index in [1.165, 1.54) is 19.3 Å². The zero-order valence-corrected chi connectivity index (χ0v) is 14.3. The van der Waals surface area contributed by atoms with Crippen molar-refractivity contribution in [3.05, 3.63) is 0 Å². The molecule has 1 spiro atoms. The summed E-state index contributed by atoms with van der Waals surface area (Å²) in [5.74, 6) is -0.489. The average Bonchev–Trinajstić information content (AvgIpc) is 3.05. The number of nitrogens with one attached hydrogen (secondary N) is 2. The lowest BCUT2D eigenvalue weighted by Crippen LogP contribution is -2.46. The predicted molar refractivity (Wildman–Crippen MR) is 87.8 cm³/mol. The normalized spacial score (nSPS) is 20.9. The van der Waals surface area contributed by atoms with Crippen LogP contribution in [0, 0.1) is 0 Å². The number of nitrogens with zero attached hydrogens (tertiary/aromatic N) is 1. The second kappa shape index (κ2) is 7.79. The molecule has 23 heavy (non-hydrogen) atoms. The molecule has 2 aliphatic rings. The number of imide groups is 1. The molecule has 1 saturated carbocycles. The van der Waals surface area contributed by atoms with Crippen LogP contribution in [0.15, 0.2) is 0 Å². The largest absolute Gasteiger partial charge is 0.352 e. The van der Waals surface area contributed by atoms with Crippen LogP contribution in [0.25, 0.3) is 0 Å². The van der Waals surface area contributed by atoms with Crippen LogP contribution < -0.4 is 10.6 Å². The molecule has 0 radical (unpaired) electrons. The number of carbonyl (C=O) groups is 3. The van der Waals surface area contributed by atoms with Crippen LogP contribution >= 0.6 is 0 Å². The van der Waals surface area contributed by atoms with Crippen LogP contribution in [0.5, 0.6) is 0 Å². The first-order valence-corrected chi connectivity index (χ1v) is 8.92. The smallest absolute Gasteiger partial charge is 0.325 e. The summed E-state index contributed by atoms with van der Waals surface area (Å²) in [6, 6.07) is -0.358. The summed E-state index contributed by atoms with van der Waals surface area (Å²) < 4.78 is 0. The maximum atomic E-state index is 12.5. The summed E-state index contributed by atoms with van der Waals surface area (Å²) in [4.78, 5) is 37.7. The van der Waals surface area contributed by atoms with Crippen molar-refractivity contribution >= 4 is 17.8 Å². The Bertz CT molecular complexity index is 458. The second-order valence-electron chi connectivity index (χ2n) is 6.93. The van der Waals surface area contributed by atoms with Gasteiger partial charge in [0.2, 0.25) is 5.91 Å². The SMILES string of the molecule is CCCCCC[C@H](C)NC(=O)CN1C(=O)NC2(CCCC2)C1=O. The number of unbranched alkanes of at least 4 members (excludes halogenated alkanes) is 3. The number of amides is 4. The van der Waals surface area contributed by atoms with Crippen LogP contribution in [0.3, 0.4) is 0 Å². The van der Waals surface area contributed by atoms with Gasteiger partial charge < -0.3 is 10.6 Å². The highest BCUT2D eigenvalue weighted by Gasteiger charge is 2.52. The minimum Gasteiger partial charge on any atom is -0.352 e. The lowest BCUT2D eigenvalue weighted by atomic mass is 9.98. The topological polar surface area (TPSA) is 78.5 Å². The van der Waals surface area contributed by atoms with E-state index in [2.05, 4.69) is 17.6 Å². The molecule has 1 atom stereocenters. The molecule has 6 nitrogen and oxygen atoms in total. The van der Waals surface area contributed by atoms with Crippen molar-refractivity contribution in [3.63, 3.8) is 0 Å². The van der Waals surface area contributed by atoms with Gasteiger partial charge in [-0.15, -0.1) is 0 Å². The van der Waals surface area contributed by atoms with E-state index >= 15 is 0 Å². The summed E-state index contributed by atoms with van der Waals surface area (Å²) >= 11 is 0. The Kier molecular flexibility index (Phi) is 6.02. The second-order valence-corrected chi connectivity index (χ2v) is 6.93. The molecule has 0 aromatic rings. The van der Waals surface area contributed by atoms with Crippen LogP contribution in [0.1, 0.15) is 71.6 Å². The first-order valence-electron chi connectivity index (χ1n) is 8.92. The van der Waals surface area contributed by atoms with E-state index in [0.29, 0.717) is 12.8 Å². The Morgan fingerprint density at radius 3 is 2.61 bits per heavy atom. The van der Waals surface area contributed by atoms with E-state index in [-0.39, 0.29) is 24.4 Å². The zero-order valence-electron chi connectivity index (χ0n) is 14.3. The van der Waals surface area contributed by atoms with Gasteiger partial charge in [-0.1, -0.05) is 45.4 Å². The maximum absolute atomic E-state index is 12.5. The van der Waals surface area contributed by atoms with Gasteiger partial charge in [-0.05, 0) is 26.2 Å². The number of urea groups is 1. The summed E-state index contributed by atoms with van der Waals surface area (Å²) in [7, 11) is 0. The average molecular weight is 323 g/mol. The Morgan fingerprint density at radius 2 is 1.96 bits per heavy atom. The minimum atomic E-state index is -0.733. The highest BCUT2D eigenvalue weighted by atomic mass is 16.2. The van der Waals surface area contributed by atoms with E-state index in [0.717, 1.165) is 30.6 Å². The van der Waals surface area contributed by atoms with Crippen molar-refractivity contribution in [2.24, 2.45) is 0 Å². The third-order valence-corrected chi connectivity index (χ3v) is 4.90. The van der Waals surface area contributed by atoms with Crippen molar-refractivity contribution in [3.8, 4) is 0 Å². The van der Waals surface area contributed by atoms with Crippen molar-refractivity contribution in [1.29, 1.82) is 0 Å². The Balaban J connectivity index is 1.78. The first-order chi connectivity index (χ1) is 11.0. The van der Waals surface area contributed by atoms with Crippen molar-refractivity contribution in [2.45, 2.75) is 83.2 Å². The molecule has 0 aromatic heterocycles. The van der Waals surface area contributed by atoms with Gasteiger partial charge in [-0.3, -0.25) is 14.5 Å². The van der Waals surface area contributed by atoms with Crippen LogP contribution in [0.2, 0.25) is 0 Å². The molecule has 130 valence electrons. The van der Waals surface area contributed by atoms with Gasteiger partial charge in [0, 0.05) is 6.04 Å². The fraction of sp³-hybridized carbons (Fsp3) is 0.824. The lowest BCUT2D eigenvalue weighted by molar-refractivity contribution is -0.135. The molecule has 1 saturated heterocycles. The molecule has 1 aliphatic carbocycles. The van der Waals surface area contributed by atoms with Gasteiger partial charge >= 0.3 is 6.03 Å². The molecule has 4 amide bonds. The van der Waals surface area contributed by atoms with Crippen LogP contribution in [-0.2, 0) is 9.59 Å². The highest BCUT2D eigenvalue weighted by Crippen LogP contribution is 2.34. The fourth-order valence-corrected chi connectivity index (χ4v) is 3.55. The molecule has 2 rings (SSSR count). The van der Waals surface area contributed by atoms with Gasteiger partial charge in [-0.25, -0.2) is 4.79 Å². The molecule has 1 heterocycles. The molecule has 1 aliphatic heterocycles. The molecule has 0 bridgehead atoms. The van der Waals surface area contributed by atoms with Gasteiger partial charge in [0.1, 0.15) is 12.1 Å². The Morgan fingerprint density at radius 1 is 1.26 bits per heavy atom. The van der Waals surface area contributed by atoms with Crippen molar-refractivity contribution < 1.29 is 14.4 Å². The Hall–Kier alpha value is -1.59. The van der Waals surface area contributed by atoms with Crippen LogP contribution in [-0.4, -0.2) is 40.9 Å². The fourth-order valence-electron chi connectivity index (χ4n) is 3.55. The number of hydrogen-bond donors (Lipinski definition) is 2. The standard InChI is InChI=1S/C17H29N3O3/c1-3-4-5-6-9-13(2)18-14(21)12-20-15(22)17(19-16(20)23)10-7-8-11-17/h13H,3-12H2,1-2H3,(H,18,21)(H,19,23)/t13-/m0/s1. The highest BCUT2D eigenvalue weighted by molar-refractivity contribution is 6.09. The monoisotopic (exact) mass is 323 g/mol. The Labute approximate surface area is 138 Å².